The number of ketones is 1. The Balaban J connectivity index is 1.30. The Morgan fingerprint density at radius 2 is 1.89 bits per heavy atom. The first-order valence-corrected chi connectivity index (χ1v) is 12.7. The molecular weight excluding hydrogens is 438 g/mol. The molecular formula is C29H35N3O3. The van der Waals surface area contributed by atoms with Gasteiger partial charge in [0.05, 0.1) is 5.56 Å². The maximum atomic E-state index is 13.1. The number of likely N-dealkylation sites (tertiary alicyclic amines) is 1. The molecule has 184 valence electrons. The van der Waals surface area contributed by atoms with E-state index in [0.717, 1.165) is 55.8 Å². The van der Waals surface area contributed by atoms with Crippen LogP contribution in [0, 0.1) is 0 Å². The number of aromatic nitrogens is 1. The second-order valence-corrected chi connectivity index (χ2v) is 9.80. The second-order valence-electron chi connectivity index (χ2n) is 9.80. The van der Waals surface area contributed by atoms with Crippen molar-refractivity contribution in [1.29, 1.82) is 0 Å². The highest BCUT2D eigenvalue weighted by Gasteiger charge is 2.28. The molecule has 2 aliphatic heterocycles. The topological polar surface area (TPSA) is 46.9 Å². The highest BCUT2D eigenvalue weighted by Crippen LogP contribution is 2.36. The Morgan fingerprint density at radius 1 is 1.06 bits per heavy atom. The van der Waals surface area contributed by atoms with Crippen LogP contribution in [-0.2, 0) is 6.54 Å². The number of piperidine rings is 1. The minimum atomic E-state index is -0.0793. The second kappa shape index (κ2) is 10.7. The van der Waals surface area contributed by atoms with Gasteiger partial charge in [-0.25, -0.2) is 0 Å². The summed E-state index contributed by atoms with van der Waals surface area (Å²) in [6, 6.07) is 13.9. The van der Waals surface area contributed by atoms with Crippen LogP contribution in [0.1, 0.15) is 41.6 Å². The van der Waals surface area contributed by atoms with E-state index in [4.69, 9.17) is 9.47 Å². The number of allylic oxidation sites excluding steroid dienone is 1. The Labute approximate surface area is 207 Å². The van der Waals surface area contributed by atoms with Crippen molar-refractivity contribution >= 4 is 22.8 Å². The summed E-state index contributed by atoms with van der Waals surface area (Å²) in [6.45, 7) is 5.84. The minimum Gasteiger partial charge on any atom is -0.492 e. The van der Waals surface area contributed by atoms with E-state index in [1.165, 1.54) is 24.8 Å². The number of rotatable bonds is 9. The van der Waals surface area contributed by atoms with Crippen LogP contribution >= 0.6 is 0 Å². The number of benzene rings is 2. The van der Waals surface area contributed by atoms with Gasteiger partial charge in [0.1, 0.15) is 18.1 Å². The van der Waals surface area contributed by atoms with Crippen LogP contribution in [0.2, 0.25) is 0 Å². The van der Waals surface area contributed by atoms with Crippen molar-refractivity contribution in [3.8, 4) is 11.5 Å². The number of hydrogen-bond donors (Lipinski definition) is 0. The highest BCUT2D eigenvalue weighted by molar-refractivity contribution is 6.15. The van der Waals surface area contributed by atoms with Crippen LogP contribution in [0.3, 0.4) is 0 Å². The molecule has 0 bridgehead atoms. The summed E-state index contributed by atoms with van der Waals surface area (Å²) in [5, 5.41) is 1.12. The van der Waals surface area contributed by atoms with Crippen LogP contribution in [0.5, 0.6) is 11.5 Å². The van der Waals surface area contributed by atoms with Gasteiger partial charge in [-0.05, 0) is 77.3 Å². The average Bonchev–Trinajstić information content (AvgIpc) is 3.37. The van der Waals surface area contributed by atoms with Gasteiger partial charge in [-0.1, -0.05) is 24.6 Å². The SMILES string of the molecule is CN(C)CCCn1cc(/C=C2\Oc3cc(OCCN4CCCCC4)ccc3C2=O)c2ccccc21. The molecule has 6 heteroatoms. The number of ether oxygens (including phenoxy) is 2. The Kier molecular flexibility index (Phi) is 7.21. The molecule has 0 spiro atoms. The smallest absolute Gasteiger partial charge is 0.231 e. The lowest BCUT2D eigenvalue weighted by Crippen LogP contribution is -2.33. The van der Waals surface area contributed by atoms with Crippen molar-refractivity contribution in [2.75, 3.05) is 46.9 Å². The molecule has 5 rings (SSSR count). The lowest BCUT2D eigenvalue weighted by Gasteiger charge is -2.26. The van der Waals surface area contributed by atoms with Gasteiger partial charge in [-0.2, -0.15) is 0 Å². The van der Waals surface area contributed by atoms with E-state index in [9.17, 15) is 4.79 Å². The molecule has 1 saturated heterocycles. The van der Waals surface area contributed by atoms with Gasteiger partial charge in [0.15, 0.2) is 5.76 Å². The Morgan fingerprint density at radius 3 is 2.71 bits per heavy atom. The first-order valence-electron chi connectivity index (χ1n) is 12.7. The fraction of sp³-hybridized carbons (Fsp3) is 0.414. The van der Waals surface area contributed by atoms with Crippen molar-refractivity contribution in [1.82, 2.24) is 14.4 Å². The molecule has 0 amide bonds. The lowest BCUT2D eigenvalue weighted by molar-refractivity contribution is 0.101. The molecule has 3 heterocycles. The summed E-state index contributed by atoms with van der Waals surface area (Å²) in [5.41, 5.74) is 2.76. The zero-order valence-corrected chi connectivity index (χ0v) is 20.8. The Bertz CT molecular complexity index is 1220. The third-order valence-electron chi connectivity index (χ3n) is 6.88. The van der Waals surface area contributed by atoms with E-state index >= 15 is 0 Å². The Hall–Kier alpha value is -3.09. The first-order chi connectivity index (χ1) is 17.1. The molecule has 0 atom stereocenters. The van der Waals surface area contributed by atoms with Crippen LogP contribution in [0.15, 0.2) is 54.4 Å². The summed E-state index contributed by atoms with van der Waals surface area (Å²) in [5.74, 6) is 1.60. The molecule has 2 aliphatic rings. The van der Waals surface area contributed by atoms with Crippen molar-refractivity contribution < 1.29 is 14.3 Å². The van der Waals surface area contributed by atoms with Crippen molar-refractivity contribution in [2.24, 2.45) is 0 Å². The molecule has 1 aromatic heterocycles. The highest BCUT2D eigenvalue weighted by atomic mass is 16.5. The molecule has 0 N–H and O–H groups in total. The van der Waals surface area contributed by atoms with Crippen molar-refractivity contribution in [2.45, 2.75) is 32.2 Å². The van der Waals surface area contributed by atoms with E-state index in [-0.39, 0.29) is 5.78 Å². The first kappa shape index (κ1) is 23.6. The van der Waals surface area contributed by atoms with Gasteiger partial charge in [0.25, 0.3) is 0 Å². The summed E-state index contributed by atoms with van der Waals surface area (Å²) in [7, 11) is 4.19. The number of para-hydroxylation sites is 1. The molecule has 2 aromatic carbocycles. The van der Waals surface area contributed by atoms with E-state index in [1.807, 2.05) is 30.3 Å². The van der Waals surface area contributed by atoms with Gasteiger partial charge in [0, 0.05) is 41.8 Å². The summed E-state index contributed by atoms with van der Waals surface area (Å²) in [4.78, 5) is 17.7. The minimum absolute atomic E-state index is 0.0793. The molecule has 0 aliphatic carbocycles. The van der Waals surface area contributed by atoms with E-state index < -0.39 is 0 Å². The van der Waals surface area contributed by atoms with Crippen LogP contribution in [-0.4, -0.2) is 67.0 Å². The number of Topliss-reactive ketones (excluding diaryl/α,β-unsaturated/α-hetero) is 1. The van der Waals surface area contributed by atoms with Crippen LogP contribution in [0.25, 0.3) is 17.0 Å². The largest absolute Gasteiger partial charge is 0.492 e. The number of hydrogen-bond acceptors (Lipinski definition) is 5. The number of fused-ring (bicyclic) bond motifs is 2. The van der Waals surface area contributed by atoms with E-state index in [0.29, 0.717) is 23.7 Å². The van der Waals surface area contributed by atoms with Gasteiger partial charge < -0.3 is 18.9 Å². The molecule has 0 unspecified atom stereocenters. The van der Waals surface area contributed by atoms with Gasteiger partial charge in [0.2, 0.25) is 5.78 Å². The van der Waals surface area contributed by atoms with Crippen LogP contribution in [0.4, 0.5) is 0 Å². The average molecular weight is 474 g/mol. The lowest BCUT2D eigenvalue weighted by atomic mass is 10.1. The van der Waals surface area contributed by atoms with E-state index in [1.54, 1.807) is 0 Å². The predicted molar refractivity (Wildman–Crippen MR) is 140 cm³/mol. The zero-order valence-electron chi connectivity index (χ0n) is 20.8. The number of carbonyl (C=O) groups excluding carboxylic acids is 1. The summed E-state index contributed by atoms with van der Waals surface area (Å²) in [6.07, 6.45) is 8.95. The number of aryl methyl sites for hydroxylation is 1. The molecule has 0 saturated carbocycles. The van der Waals surface area contributed by atoms with Gasteiger partial charge in [-0.3, -0.25) is 9.69 Å². The summed E-state index contributed by atoms with van der Waals surface area (Å²) >= 11 is 0. The summed E-state index contributed by atoms with van der Waals surface area (Å²) < 4.78 is 14.3. The third kappa shape index (κ3) is 5.44. The van der Waals surface area contributed by atoms with Gasteiger partial charge >= 0.3 is 0 Å². The maximum Gasteiger partial charge on any atom is 0.231 e. The van der Waals surface area contributed by atoms with Gasteiger partial charge in [-0.15, -0.1) is 0 Å². The number of carbonyl (C=O) groups is 1. The maximum absolute atomic E-state index is 13.1. The molecule has 0 radical (unpaired) electrons. The quantitative estimate of drug-likeness (QED) is 0.406. The molecule has 1 fully saturated rings. The fourth-order valence-electron chi connectivity index (χ4n) is 5.01. The van der Waals surface area contributed by atoms with Crippen molar-refractivity contribution in [3.05, 3.63) is 65.5 Å². The molecule has 6 nitrogen and oxygen atoms in total. The third-order valence-corrected chi connectivity index (χ3v) is 6.88. The number of nitrogens with zero attached hydrogens (tertiary/aromatic N) is 3. The fourth-order valence-corrected chi connectivity index (χ4v) is 5.01. The molecule has 35 heavy (non-hydrogen) atoms. The monoisotopic (exact) mass is 473 g/mol. The van der Waals surface area contributed by atoms with Crippen LogP contribution < -0.4 is 9.47 Å². The molecule has 3 aromatic rings. The predicted octanol–water partition coefficient (Wildman–Crippen LogP) is 5.07. The standard InChI is InChI=1S/C29H35N3O3/c1-30(2)13-8-16-32-21-22(24-9-4-5-10-26(24)32)19-28-29(33)25-12-11-23(20-27(25)35-28)34-18-17-31-14-6-3-7-15-31/h4-5,9-12,19-21H,3,6-8,13-18H2,1-2H3/b28-19-. The van der Waals surface area contributed by atoms with E-state index in [2.05, 4.69) is 52.9 Å². The zero-order chi connectivity index (χ0) is 24.2. The van der Waals surface area contributed by atoms with Crippen molar-refractivity contribution in [3.63, 3.8) is 0 Å². The normalized spacial score (nSPS) is 17.3.